The van der Waals surface area contributed by atoms with Gasteiger partial charge in [0.2, 0.25) is 0 Å². The zero-order chi connectivity index (χ0) is 17.4. The second-order valence-corrected chi connectivity index (χ2v) is 4.95. The molecule has 0 atom stereocenters. The van der Waals surface area contributed by atoms with Crippen molar-refractivity contribution < 1.29 is 19.4 Å². The number of hydrogen-bond donors (Lipinski definition) is 2. The molecule has 24 heavy (non-hydrogen) atoms. The highest BCUT2D eigenvalue weighted by Gasteiger charge is 2.10. The number of nitrogens with one attached hydrogen (secondary N) is 1. The first kappa shape index (κ1) is 17.3. The first-order chi connectivity index (χ1) is 11.7. The molecule has 2 aromatic carbocycles. The SMILES string of the molecule is CCCOc1c(C=NNc2ccccc2C(=O)O)cccc1OC. The van der Waals surface area contributed by atoms with E-state index in [0.29, 0.717) is 23.8 Å². The molecule has 0 saturated heterocycles. The Morgan fingerprint density at radius 1 is 1.25 bits per heavy atom. The lowest BCUT2D eigenvalue weighted by atomic mass is 10.2. The van der Waals surface area contributed by atoms with E-state index in [0.717, 1.165) is 12.0 Å². The van der Waals surface area contributed by atoms with Crippen LogP contribution < -0.4 is 14.9 Å². The molecule has 0 aliphatic rings. The van der Waals surface area contributed by atoms with Gasteiger partial charge in [0.1, 0.15) is 0 Å². The number of carboxylic acids is 1. The van der Waals surface area contributed by atoms with Crippen LogP contribution in [0.1, 0.15) is 29.3 Å². The molecular weight excluding hydrogens is 308 g/mol. The van der Waals surface area contributed by atoms with Crippen LogP contribution in [0.3, 0.4) is 0 Å². The van der Waals surface area contributed by atoms with Crippen LogP contribution in [0.2, 0.25) is 0 Å². The van der Waals surface area contributed by atoms with Crippen LogP contribution in [0.5, 0.6) is 11.5 Å². The lowest BCUT2D eigenvalue weighted by molar-refractivity contribution is 0.0698. The Balaban J connectivity index is 2.22. The van der Waals surface area contributed by atoms with Gasteiger partial charge in [-0.3, -0.25) is 5.43 Å². The van der Waals surface area contributed by atoms with Crippen molar-refractivity contribution in [2.75, 3.05) is 19.1 Å². The Kier molecular flexibility index (Phi) is 6.19. The Morgan fingerprint density at radius 2 is 2.04 bits per heavy atom. The number of hydrogen-bond acceptors (Lipinski definition) is 5. The summed E-state index contributed by atoms with van der Waals surface area (Å²) in [4.78, 5) is 11.2. The zero-order valence-electron chi connectivity index (χ0n) is 13.7. The van der Waals surface area contributed by atoms with Crippen molar-refractivity contribution in [1.82, 2.24) is 0 Å². The number of carboxylic acid groups (broad SMARTS) is 1. The normalized spacial score (nSPS) is 10.6. The minimum Gasteiger partial charge on any atom is -0.493 e. The molecule has 6 heteroatoms. The highest BCUT2D eigenvalue weighted by Crippen LogP contribution is 2.30. The number of nitrogens with zero attached hydrogens (tertiary/aromatic N) is 1. The molecule has 126 valence electrons. The number of carbonyl (C=O) groups is 1. The van der Waals surface area contributed by atoms with Gasteiger partial charge in [0.15, 0.2) is 11.5 Å². The van der Waals surface area contributed by atoms with Crippen molar-refractivity contribution in [3.63, 3.8) is 0 Å². The second kappa shape index (κ2) is 8.57. The lowest BCUT2D eigenvalue weighted by Crippen LogP contribution is -2.03. The van der Waals surface area contributed by atoms with Crippen LogP contribution >= 0.6 is 0 Å². The monoisotopic (exact) mass is 328 g/mol. The number of methoxy groups -OCH3 is 1. The van der Waals surface area contributed by atoms with Gasteiger partial charge in [0.05, 0.1) is 31.2 Å². The van der Waals surface area contributed by atoms with Gasteiger partial charge in [-0.2, -0.15) is 5.10 Å². The molecule has 0 aliphatic carbocycles. The summed E-state index contributed by atoms with van der Waals surface area (Å²) < 4.78 is 11.0. The number of rotatable bonds is 8. The van der Waals surface area contributed by atoms with Crippen LogP contribution in [0.4, 0.5) is 5.69 Å². The molecule has 0 aliphatic heterocycles. The fourth-order valence-electron chi connectivity index (χ4n) is 2.09. The number of aromatic carboxylic acids is 1. The predicted molar refractivity (Wildman–Crippen MR) is 93.4 cm³/mol. The standard InChI is InChI=1S/C18H20N2O4/c1-3-11-24-17-13(7-6-10-16(17)23-2)12-19-20-15-9-5-4-8-14(15)18(21)22/h4-10,12,20H,3,11H2,1-2H3,(H,21,22). The quantitative estimate of drug-likeness (QED) is 0.571. The molecule has 2 rings (SSSR count). The first-order valence-electron chi connectivity index (χ1n) is 7.58. The Bertz CT molecular complexity index is 729. The van der Waals surface area contributed by atoms with E-state index in [1.54, 1.807) is 31.5 Å². The van der Waals surface area contributed by atoms with Gasteiger partial charge >= 0.3 is 5.97 Å². The molecule has 0 radical (unpaired) electrons. The summed E-state index contributed by atoms with van der Waals surface area (Å²) in [5, 5.41) is 13.3. The fourth-order valence-corrected chi connectivity index (χ4v) is 2.09. The van der Waals surface area contributed by atoms with E-state index in [2.05, 4.69) is 10.5 Å². The van der Waals surface area contributed by atoms with E-state index in [-0.39, 0.29) is 5.56 Å². The summed E-state index contributed by atoms with van der Waals surface area (Å²) in [5.74, 6) is 0.221. The maximum absolute atomic E-state index is 11.2. The van der Waals surface area contributed by atoms with Crippen molar-refractivity contribution >= 4 is 17.9 Å². The van der Waals surface area contributed by atoms with Crippen LogP contribution in [-0.2, 0) is 0 Å². The topological polar surface area (TPSA) is 80.2 Å². The molecular formula is C18H20N2O4. The van der Waals surface area contributed by atoms with Gasteiger partial charge in [-0.25, -0.2) is 4.79 Å². The fraction of sp³-hybridized carbons (Fsp3) is 0.222. The number of hydrazone groups is 1. The van der Waals surface area contributed by atoms with Crippen molar-refractivity contribution in [2.45, 2.75) is 13.3 Å². The molecule has 2 N–H and O–H groups in total. The molecule has 2 aromatic rings. The third-order valence-electron chi connectivity index (χ3n) is 3.23. The zero-order valence-corrected chi connectivity index (χ0v) is 13.7. The lowest BCUT2D eigenvalue weighted by Gasteiger charge is -2.12. The minimum absolute atomic E-state index is 0.155. The van der Waals surface area contributed by atoms with E-state index in [1.807, 2.05) is 25.1 Å². The van der Waals surface area contributed by atoms with Gasteiger partial charge in [0.25, 0.3) is 0 Å². The maximum atomic E-state index is 11.2. The maximum Gasteiger partial charge on any atom is 0.337 e. The first-order valence-corrected chi connectivity index (χ1v) is 7.58. The Morgan fingerprint density at radius 3 is 2.75 bits per heavy atom. The second-order valence-electron chi connectivity index (χ2n) is 4.95. The van der Waals surface area contributed by atoms with E-state index in [1.165, 1.54) is 6.07 Å². The Hall–Kier alpha value is -3.02. The summed E-state index contributed by atoms with van der Waals surface area (Å²) >= 11 is 0. The van der Waals surface area contributed by atoms with Gasteiger partial charge in [-0.15, -0.1) is 0 Å². The molecule has 0 aromatic heterocycles. The van der Waals surface area contributed by atoms with E-state index in [4.69, 9.17) is 14.6 Å². The van der Waals surface area contributed by atoms with Gasteiger partial charge in [-0.05, 0) is 30.7 Å². The van der Waals surface area contributed by atoms with Crippen LogP contribution in [0, 0.1) is 0 Å². The summed E-state index contributed by atoms with van der Waals surface area (Å²) in [6.45, 7) is 2.59. The van der Waals surface area contributed by atoms with Gasteiger partial charge < -0.3 is 14.6 Å². The third-order valence-corrected chi connectivity index (χ3v) is 3.23. The van der Waals surface area contributed by atoms with Gasteiger partial charge in [-0.1, -0.05) is 25.1 Å². The average Bonchev–Trinajstić information content (AvgIpc) is 2.60. The number of anilines is 1. The summed E-state index contributed by atoms with van der Waals surface area (Å²) in [6.07, 6.45) is 2.45. The third kappa shape index (κ3) is 4.25. The number of para-hydroxylation sites is 2. The summed E-state index contributed by atoms with van der Waals surface area (Å²) in [5.41, 5.74) is 4.07. The van der Waals surface area contributed by atoms with Gasteiger partial charge in [0, 0.05) is 5.56 Å². The van der Waals surface area contributed by atoms with E-state index >= 15 is 0 Å². The molecule has 0 amide bonds. The number of benzene rings is 2. The molecule has 0 spiro atoms. The van der Waals surface area contributed by atoms with Crippen LogP contribution in [0.15, 0.2) is 47.6 Å². The van der Waals surface area contributed by atoms with Crippen LogP contribution in [0.25, 0.3) is 0 Å². The molecule has 0 heterocycles. The molecule has 0 bridgehead atoms. The highest BCUT2D eigenvalue weighted by molar-refractivity contribution is 5.94. The van der Waals surface area contributed by atoms with Crippen molar-refractivity contribution in [3.05, 3.63) is 53.6 Å². The largest absolute Gasteiger partial charge is 0.493 e. The highest BCUT2D eigenvalue weighted by atomic mass is 16.5. The Labute approximate surface area is 140 Å². The predicted octanol–water partition coefficient (Wildman–Crippen LogP) is 3.63. The van der Waals surface area contributed by atoms with Crippen molar-refractivity contribution in [2.24, 2.45) is 5.10 Å². The summed E-state index contributed by atoms with van der Waals surface area (Å²) in [6, 6.07) is 12.1. The van der Waals surface area contributed by atoms with E-state index < -0.39 is 5.97 Å². The molecule has 0 fully saturated rings. The minimum atomic E-state index is -1.01. The van der Waals surface area contributed by atoms with Crippen molar-refractivity contribution in [1.29, 1.82) is 0 Å². The molecule has 0 saturated carbocycles. The smallest absolute Gasteiger partial charge is 0.337 e. The number of ether oxygens (including phenoxy) is 2. The van der Waals surface area contributed by atoms with Crippen molar-refractivity contribution in [3.8, 4) is 11.5 Å². The molecule has 6 nitrogen and oxygen atoms in total. The average molecular weight is 328 g/mol. The van der Waals surface area contributed by atoms with E-state index in [9.17, 15) is 4.79 Å². The molecule has 0 unspecified atom stereocenters. The summed E-state index contributed by atoms with van der Waals surface area (Å²) in [7, 11) is 1.58. The van der Waals surface area contributed by atoms with Crippen LogP contribution in [-0.4, -0.2) is 31.0 Å².